The summed E-state index contributed by atoms with van der Waals surface area (Å²) in [6.45, 7) is 9.46. The molecule has 0 saturated carbocycles. The van der Waals surface area contributed by atoms with Crippen molar-refractivity contribution in [3.8, 4) is 5.69 Å². The van der Waals surface area contributed by atoms with Gasteiger partial charge in [0.15, 0.2) is 0 Å². The van der Waals surface area contributed by atoms with E-state index in [2.05, 4.69) is 34.1 Å². The quantitative estimate of drug-likeness (QED) is 0.860. The minimum Gasteiger partial charge on any atom is -0.384 e. The lowest BCUT2D eigenvalue weighted by Gasteiger charge is -2.29. The van der Waals surface area contributed by atoms with Crippen molar-refractivity contribution in [3.05, 3.63) is 42.2 Å². The number of nitrogens with zero attached hydrogens (tertiary/aromatic N) is 4. The molecule has 0 saturated heterocycles. The Labute approximate surface area is 158 Å². The number of nitrogens with one attached hydrogen (secondary N) is 1. The summed E-state index contributed by atoms with van der Waals surface area (Å²) in [6.07, 6.45) is 3.96. The molecule has 6 nitrogen and oxygen atoms in total. The fourth-order valence-corrected chi connectivity index (χ4v) is 2.91. The van der Waals surface area contributed by atoms with E-state index in [1.165, 1.54) is 6.07 Å². The summed E-state index contributed by atoms with van der Waals surface area (Å²) in [5.41, 5.74) is 1.44. The number of halogens is 1. The lowest BCUT2D eigenvalue weighted by atomic mass is 9.90. The molecule has 3 rings (SSSR count). The second-order valence-corrected chi connectivity index (χ2v) is 7.80. The van der Waals surface area contributed by atoms with E-state index in [1.807, 2.05) is 6.92 Å². The van der Waals surface area contributed by atoms with Gasteiger partial charge >= 0.3 is 0 Å². The molecule has 0 aliphatic carbocycles. The smallest absolute Gasteiger partial charge is 0.222 e. The van der Waals surface area contributed by atoms with Crippen LogP contribution in [0.3, 0.4) is 0 Å². The lowest BCUT2D eigenvalue weighted by Crippen LogP contribution is -2.39. The van der Waals surface area contributed by atoms with E-state index in [-0.39, 0.29) is 11.9 Å². The van der Waals surface area contributed by atoms with Crippen LogP contribution in [-0.2, 0) is 0 Å². The van der Waals surface area contributed by atoms with E-state index in [4.69, 9.17) is 0 Å². The van der Waals surface area contributed by atoms with Gasteiger partial charge in [-0.15, -0.1) is 0 Å². The number of hydrogen-bond acceptors (Lipinski definition) is 5. The van der Waals surface area contributed by atoms with E-state index in [0.29, 0.717) is 35.4 Å². The van der Waals surface area contributed by atoms with Gasteiger partial charge in [0, 0.05) is 18.3 Å². The van der Waals surface area contributed by atoms with E-state index in [9.17, 15) is 9.50 Å². The zero-order valence-corrected chi connectivity index (χ0v) is 16.4. The summed E-state index contributed by atoms with van der Waals surface area (Å²) >= 11 is 0. The third kappa shape index (κ3) is 4.42. The van der Waals surface area contributed by atoms with Gasteiger partial charge in [-0.2, -0.15) is 0 Å². The van der Waals surface area contributed by atoms with Crippen LogP contribution in [0.4, 0.5) is 10.1 Å². The molecule has 0 radical (unpaired) electrons. The van der Waals surface area contributed by atoms with Crippen LogP contribution in [0, 0.1) is 18.7 Å². The normalized spacial score (nSPS) is 17.7. The van der Waals surface area contributed by atoms with Crippen molar-refractivity contribution in [2.45, 2.75) is 52.7 Å². The number of aryl methyl sites for hydroxylation is 1. The lowest BCUT2D eigenvalue weighted by molar-refractivity contribution is 0.150. The Morgan fingerprint density at radius 3 is 2.63 bits per heavy atom. The number of imidazole rings is 1. The van der Waals surface area contributed by atoms with Crippen molar-refractivity contribution in [3.63, 3.8) is 0 Å². The van der Waals surface area contributed by atoms with Gasteiger partial charge in [0.2, 0.25) is 5.96 Å². The molecule has 2 aromatic rings. The predicted molar refractivity (Wildman–Crippen MR) is 106 cm³/mol. The second-order valence-electron chi connectivity index (χ2n) is 7.80. The Hall–Kier alpha value is -2.54. The maximum Gasteiger partial charge on any atom is 0.222 e. The molecule has 1 unspecified atom stereocenters. The van der Waals surface area contributed by atoms with Crippen molar-refractivity contribution in [1.82, 2.24) is 9.55 Å². The highest BCUT2D eigenvalue weighted by Gasteiger charge is 2.29. The zero-order chi connectivity index (χ0) is 19.8. The van der Waals surface area contributed by atoms with Gasteiger partial charge in [0.1, 0.15) is 5.82 Å². The molecule has 0 spiro atoms. The van der Waals surface area contributed by atoms with Crippen LogP contribution in [-0.4, -0.2) is 38.0 Å². The Morgan fingerprint density at radius 1 is 1.33 bits per heavy atom. The maximum atomic E-state index is 14.6. The zero-order valence-electron chi connectivity index (χ0n) is 16.4. The Kier molecular flexibility index (Phi) is 5.15. The van der Waals surface area contributed by atoms with Crippen LogP contribution in [0.15, 0.2) is 40.7 Å². The molecule has 7 heteroatoms. The number of hydrogen-bond donors (Lipinski definition) is 2. The highest BCUT2D eigenvalue weighted by Crippen LogP contribution is 2.23. The highest BCUT2D eigenvalue weighted by molar-refractivity contribution is 6.07. The van der Waals surface area contributed by atoms with E-state index >= 15 is 0 Å². The van der Waals surface area contributed by atoms with E-state index in [0.717, 1.165) is 5.69 Å². The largest absolute Gasteiger partial charge is 0.384 e. The molecule has 0 bridgehead atoms. The molecule has 1 aromatic carbocycles. The Morgan fingerprint density at radius 2 is 2.07 bits per heavy atom. The maximum absolute atomic E-state index is 14.6. The van der Waals surface area contributed by atoms with Crippen molar-refractivity contribution in [1.29, 1.82) is 0 Å². The van der Waals surface area contributed by atoms with Crippen LogP contribution in [0.25, 0.3) is 5.69 Å². The van der Waals surface area contributed by atoms with Crippen molar-refractivity contribution in [2.75, 3.05) is 5.32 Å². The summed E-state index contributed by atoms with van der Waals surface area (Å²) in [5, 5.41) is 13.4. The SMILES string of the molecule is Cc1cn(-c2ccc(NC3=NC(C(C)C)CC(C(C)(C)O)=N3)cc2F)cn1. The Bertz CT molecular complexity index is 892. The van der Waals surface area contributed by atoms with Crippen LogP contribution >= 0.6 is 0 Å². The molecule has 2 heterocycles. The first-order valence-corrected chi connectivity index (χ1v) is 9.09. The molecule has 1 atom stereocenters. The molecule has 0 amide bonds. The highest BCUT2D eigenvalue weighted by atomic mass is 19.1. The van der Waals surface area contributed by atoms with Gasteiger partial charge in [0.05, 0.1) is 35.1 Å². The van der Waals surface area contributed by atoms with Crippen molar-refractivity contribution >= 4 is 17.4 Å². The fourth-order valence-electron chi connectivity index (χ4n) is 2.91. The number of benzene rings is 1. The summed E-state index contributed by atoms with van der Waals surface area (Å²) < 4.78 is 16.2. The molecule has 1 aliphatic heterocycles. The minimum atomic E-state index is -1.02. The molecular formula is C20H26FN5O. The first-order valence-electron chi connectivity index (χ1n) is 9.09. The summed E-state index contributed by atoms with van der Waals surface area (Å²) in [5.74, 6) is 0.321. The number of aliphatic imine (C=N–C) groups is 2. The van der Waals surface area contributed by atoms with Gasteiger partial charge in [-0.1, -0.05) is 13.8 Å². The average Bonchev–Trinajstić information content (AvgIpc) is 3.00. The summed E-state index contributed by atoms with van der Waals surface area (Å²) in [6, 6.07) is 4.88. The summed E-state index contributed by atoms with van der Waals surface area (Å²) in [4.78, 5) is 13.2. The topological polar surface area (TPSA) is 74.8 Å². The number of guanidine groups is 1. The van der Waals surface area contributed by atoms with Crippen LogP contribution in [0.1, 0.15) is 39.8 Å². The predicted octanol–water partition coefficient (Wildman–Crippen LogP) is 3.73. The number of anilines is 1. The van der Waals surface area contributed by atoms with Crippen molar-refractivity contribution in [2.24, 2.45) is 15.9 Å². The van der Waals surface area contributed by atoms with Gasteiger partial charge in [-0.25, -0.2) is 19.4 Å². The molecular weight excluding hydrogens is 345 g/mol. The molecule has 0 fully saturated rings. The third-order valence-corrected chi connectivity index (χ3v) is 4.60. The van der Waals surface area contributed by atoms with E-state index < -0.39 is 5.60 Å². The van der Waals surface area contributed by atoms with Crippen LogP contribution in [0.2, 0.25) is 0 Å². The standard InChI is InChI=1S/C20H26FN5O/c1-12(2)16-9-18(20(4,5)27)25-19(24-16)23-14-6-7-17(15(21)8-14)26-10-13(3)22-11-26/h6-8,10-12,16,27H,9H2,1-5H3,(H,23,24). The number of aliphatic hydroxyl groups is 1. The second kappa shape index (κ2) is 7.23. The molecule has 27 heavy (non-hydrogen) atoms. The fraction of sp³-hybridized carbons (Fsp3) is 0.450. The number of rotatable bonds is 4. The average molecular weight is 371 g/mol. The monoisotopic (exact) mass is 371 g/mol. The molecule has 1 aromatic heterocycles. The van der Waals surface area contributed by atoms with Crippen molar-refractivity contribution < 1.29 is 9.50 Å². The molecule has 2 N–H and O–H groups in total. The molecule has 1 aliphatic rings. The van der Waals surface area contributed by atoms with Crippen LogP contribution < -0.4 is 5.32 Å². The van der Waals surface area contributed by atoms with Gasteiger partial charge < -0.3 is 15.0 Å². The van der Waals surface area contributed by atoms with Gasteiger partial charge in [-0.05, 0) is 44.9 Å². The van der Waals surface area contributed by atoms with E-state index in [1.54, 1.807) is 43.1 Å². The Balaban J connectivity index is 1.87. The first-order chi connectivity index (χ1) is 12.6. The third-order valence-electron chi connectivity index (χ3n) is 4.60. The number of aromatic nitrogens is 2. The van der Waals surface area contributed by atoms with Gasteiger partial charge in [0.25, 0.3) is 0 Å². The van der Waals surface area contributed by atoms with Gasteiger partial charge in [-0.3, -0.25) is 0 Å². The summed E-state index contributed by atoms with van der Waals surface area (Å²) in [7, 11) is 0. The van der Waals surface area contributed by atoms with Crippen LogP contribution in [0.5, 0.6) is 0 Å². The molecule has 144 valence electrons. The first kappa shape index (κ1) is 19.2. The minimum absolute atomic E-state index is 0.0180.